The van der Waals surface area contributed by atoms with Crippen molar-refractivity contribution in [3.63, 3.8) is 0 Å². The molecule has 1 radical (unpaired) electrons. The highest BCUT2D eigenvalue weighted by atomic mass is 15.3. The molecule has 13 heavy (non-hydrogen) atoms. The summed E-state index contributed by atoms with van der Waals surface area (Å²) in [7, 11) is 0. The van der Waals surface area contributed by atoms with Crippen molar-refractivity contribution in [2.24, 2.45) is 0 Å². The Morgan fingerprint density at radius 3 is 3.23 bits per heavy atom. The first-order chi connectivity index (χ1) is 6.43. The Morgan fingerprint density at radius 2 is 2.23 bits per heavy atom. The van der Waals surface area contributed by atoms with Gasteiger partial charge in [-0.05, 0) is 12.1 Å². The zero-order valence-electron chi connectivity index (χ0n) is 6.52. The lowest BCUT2D eigenvalue weighted by molar-refractivity contribution is 0.959. The summed E-state index contributed by atoms with van der Waals surface area (Å²) in [6.07, 6.45) is 4.31. The van der Waals surface area contributed by atoms with Crippen LogP contribution in [-0.4, -0.2) is 25.4 Å². The quantitative estimate of drug-likeness (QED) is 0.539. The van der Waals surface area contributed by atoms with Gasteiger partial charge in [-0.15, -0.1) is 5.10 Å². The summed E-state index contributed by atoms with van der Waals surface area (Å²) in [5, 5.41) is 11.2. The lowest BCUT2D eigenvalue weighted by Crippen LogP contribution is -1.81. The van der Waals surface area contributed by atoms with Crippen LogP contribution in [0.3, 0.4) is 0 Å². The van der Waals surface area contributed by atoms with E-state index in [-0.39, 0.29) is 0 Å². The third-order valence-electron chi connectivity index (χ3n) is 1.88. The monoisotopic (exact) mass is 170 g/mol. The van der Waals surface area contributed by atoms with Gasteiger partial charge in [0.25, 0.3) is 0 Å². The van der Waals surface area contributed by atoms with Crippen LogP contribution in [0.25, 0.3) is 21.9 Å². The van der Waals surface area contributed by atoms with E-state index in [0.29, 0.717) is 0 Å². The number of rotatable bonds is 0. The smallest absolute Gasteiger partial charge is 0.116 e. The van der Waals surface area contributed by atoms with Gasteiger partial charge in [0, 0.05) is 5.39 Å². The molecule has 2 heterocycles. The standard InChI is InChI=1S/C8H4N5/c1-5-3-9-4-10-6(5)2-8-7(1)11-13-12-8/h1-2,4H,(H,11,12,13). The molecule has 0 aliphatic rings. The van der Waals surface area contributed by atoms with Crippen molar-refractivity contribution in [2.45, 2.75) is 0 Å². The van der Waals surface area contributed by atoms with Crippen molar-refractivity contribution < 1.29 is 0 Å². The Labute approximate surface area is 72.8 Å². The van der Waals surface area contributed by atoms with Crippen LogP contribution in [0.1, 0.15) is 0 Å². The van der Waals surface area contributed by atoms with Gasteiger partial charge >= 0.3 is 0 Å². The van der Waals surface area contributed by atoms with Crippen LogP contribution in [0, 0.1) is 6.20 Å². The largest absolute Gasteiger partial charge is 0.257 e. The molecule has 0 amide bonds. The van der Waals surface area contributed by atoms with Crippen molar-refractivity contribution >= 4 is 21.9 Å². The Bertz CT molecular complexity index is 521. The predicted molar refractivity (Wildman–Crippen MR) is 45.8 cm³/mol. The maximum atomic E-state index is 4.09. The number of nitrogens with zero attached hydrogens (tertiary/aromatic N) is 4. The van der Waals surface area contributed by atoms with Gasteiger partial charge in [0.05, 0.1) is 11.0 Å². The van der Waals surface area contributed by atoms with Crippen molar-refractivity contribution in [1.82, 2.24) is 25.4 Å². The molecule has 1 N–H and O–H groups in total. The number of aromatic amines is 1. The van der Waals surface area contributed by atoms with E-state index in [1.54, 1.807) is 0 Å². The molecule has 5 heteroatoms. The molecule has 0 saturated carbocycles. The van der Waals surface area contributed by atoms with Crippen molar-refractivity contribution in [3.05, 3.63) is 24.7 Å². The maximum absolute atomic E-state index is 4.09. The molecule has 0 aliphatic carbocycles. The first-order valence-corrected chi connectivity index (χ1v) is 3.77. The number of H-pyrrole nitrogens is 1. The normalized spacial score (nSPS) is 11.1. The van der Waals surface area contributed by atoms with Gasteiger partial charge in [0.2, 0.25) is 0 Å². The summed E-state index contributed by atoms with van der Waals surface area (Å²) in [4.78, 5) is 7.90. The summed E-state index contributed by atoms with van der Waals surface area (Å²) in [5.41, 5.74) is 2.52. The van der Waals surface area contributed by atoms with E-state index in [1.807, 2.05) is 12.1 Å². The van der Waals surface area contributed by atoms with E-state index in [2.05, 4.69) is 31.6 Å². The molecule has 5 nitrogen and oxygen atoms in total. The summed E-state index contributed by atoms with van der Waals surface area (Å²) in [6, 6.07) is 3.73. The van der Waals surface area contributed by atoms with Crippen LogP contribution >= 0.6 is 0 Å². The highest BCUT2D eigenvalue weighted by molar-refractivity contribution is 5.91. The lowest BCUT2D eigenvalue weighted by Gasteiger charge is -1.92. The molecule has 0 unspecified atom stereocenters. The van der Waals surface area contributed by atoms with E-state index in [0.717, 1.165) is 21.9 Å². The second kappa shape index (κ2) is 2.22. The van der Waals surface area contributed by atoms with Crippen LogP contribution in [-0.2, 0) is 0 Å². The fourth-order valence-electron chi connectivity index (χ4n) is 1.27. The number of aromatic nitrogens is 5. The summed E-state index contributed by atoms with van der Waals surface area (Å²) in [6.45, 7) is 0. The van der Waals surface area contributed by atoms with Crippen LogP contribution in [0.2, 0.25) is 0 Å². The molecule has 0 saturated heterocycles. The second-order valence-corrected chi connectivity index (χ2v) is 2.68. The molecule has 0 fully saturated rings. The van der Waals surface area contributed by atoms with Gasteiger partial charge in [-0.1, -0.05) is 5.21 Å². The van der Waals surface area contributed by atoms with Crippen molar-refractivity contribution in [1.29, 1.82) is 0 Å². The van der Waals surface area contributed by atoms with E-state index in [4.69, 9.17) is 0 Å². The zero-order valence-corrected chi connectivity index (χ0v) is 6.52. The number of nitrogens with one attached hydrogen (secondary N) is 1. The molecular formula is C8H4N5. The van der Waals surface area contributed by atoms with Gasteiger partial charge in [-0.3, -0.25) is 5.10 Å². The first-order valence-electron chi connectivity index (χ1n) is 3.77. The van der Waals surface area contributed by atoms with E-state index >= 15 is 0 Å². The van der Waals surface area contributed by atoms with Crippen LogP contribution in [0.4, 0.5) is 0 Å². The second-order valence-electron chi connectivity index (χ2n) is 2.68. The molecule has 1 aromatic carbocycles. The highest BCUT2D eigenvalue weighted by Crippen LogP contribution is 2.15. The third-order valence-corrected chi connectivity index (χ3v) is 1.88. The number of benzene rings is 1. The van der Waals surface area contributed by atoms with E-state index < -0.39 is 0 Å². The summed E-state index contributed by atoms with van der Waals surface area (Å²) < 4.78 is 0. The van der Waals surface area contributed by atoms with Gasteiger partial charge in [0.15, 0.2) is 0 Å². The Balaban J connectivity index is 2.57. The fraction of sp³-hybridized carbons (Fsp3) is 0. The molecule has 2 aromatic heterocycles. The molecule has 0 spiro atoms. The zero-order chi connectivity index (χ0) is 8.67. The molecule has 61 valence electrons. The number of hydrogen-bond acceptors (Lipinski definition) is 4. The van der Waals surface area contributed by atoms with Crippen LogP contribution in [0.5, 0.6) is 0 Å². The minimum atomic E-state index is 0.804. The van der Waals surface area contributed by atoms with E-state index in [9.17, 15) is 0 Å². The minimum absolute atomic E-state index is 0.804. The summed E-state index contributed by atoms with van der Waals surface area (Å²) >= 11 is 0. The molecule has 0 aliphatic heterocycles. The number of fused-ring (bicyclic) bond motifs is 2. The highest BCUT2D eigenvalue weighted by Gasteiger charge is 2.00. The van der Waals surface area contributed by atoms with Crippen molar-refractivity contribution in [3.8, 4) is 0 Å². The predicted octanol–water partition coefficient (Wildman–Crippen LogP) is 0.701. The molecule has 3 aromatic rings. The minimum Gasteiger partial charge on any atom is -0.257 e. The average molecular weight is 170 g/mol. The molecular weight excluding hydrogens is 166 g/mol. The fourth-order valence-corrected chi connectivity index (χ4v) is 1.27. The first kappa shape index (κ1) is 6.47. The van der Waals surface area contributed by atoms with Gasteiger partial charge in [-0.2, -0.15) is 0 Å². The topological polar surface area (TPSA) is 67.3 Å². The van der Waals surface area contributed by atoms with E-state index in [1.165, 1.54) is 6.33 Å². The van der Waals surface area contributed by atoms with Gasteiger partial charge in [0.1, 0.15) is 18.0 Å². The summed E-state index contributed by atoms with van der Waals surface area (Å²) in [5.74, 6) is 0. The Hall–Kier alpha value is -2.04. The average Bonchev–Trinajstić information content (AvgIpc) is 2.61. The molecule has 0 bridgehead atoms. The maximum Gasteiger partial charge on any atom is 0.116 e. The lowest BCUT2D eigenvalue weighted by atomic mass is 10.2. The third kappa shape index (κ3) is 0.868. The van der Waals surface area contributed by atoms with Crippen LogP contribution < -0.4 is 0 Å². The van der Waals surface area contributed by atoms with Gasteiger partial charge < -0.3 is 0 Å². The number of hydrogen-bond donors (Lipinski definition) is 1. The van der Waals surface area contributed by atoms with Crippen LogP contribution in [0.15, 0.2) is 18.5 Å². The molecule has 0 atom stereocenters. The van der Waals surface area contributed by atoms with Crippen molar-refractivity contribution in [2.75, 3.05) is 0 Å². The van der Waals surface area contributed by atoms with Gasteiger partial charge in [-0.25, -0.2) is 9.97 Å². The SMILES string of the molecule is [c]1ncnc2cc3[nH]nnc3cc12. The Morgan fingerprint density at radius 1 is 1.23 bits per heavy atom. The Kier molecular flexibility index (Phi) is 1.11. The molecule has 3 rings (SSSR count).